The van der Waals surface area contributed by atoms with E-state index in [2.05, 4.69) is 16.8 Å². The molecule has 2 aromatic rings. The quantitative estimate of drug-likeness (QED) is 0.575. The van der Waals surface area contributed by atoms with E-state index < -0.39 is 0 Å². The Labute approximate surface area is 99.9 Å². The van der Waals surface area contributed by atoms with Crippen LogP contribution in [0.3, 0.4) is 0 Å². The molecule has 16 heavy (non-hydrogen) atoms. The van der Waals surface area contributed by atoms with Crippen molar-refractivity contribution in [2.75, 3.05) is 5.75 Å². The fourth-order valence-electron chi connectivity index (χ4n) is 1.20. The SMILES string of the molecule is C(#Cc1ccccc1)CSc1ccccn1. The molecule has 1 aromatic heterocycles. The molecule has 78 valence electrons. The lowest BCUT2D eigenvalue weighted by molar-refractivity contribution is 1.14. The highest BCUT2D eigenvalue weighted by molar-refractivity contribution is 7.99. The summed E-state index contributed by atoms with van der Waals surface area (Å²) in [4.78, 5) is 4.22. The van der Waals surface area contributed by atoms with Crippen molar-refractivity contribution >= 4 is 11.8 Å². The van der Waals surface area contributed by atoms with Gasteiger partial charge in [0.2, 0.25) is 0 Å². The van der Waals surface area contributed by atoms with Crippen molar-refractivity contribution < 1.29 is 0 Å². The van der Waals surface area contributed by atoms with E-state index in [-0.39, 0.29) is 0 Å². The van der Waals surface area contributed by atoms with Crippen molar-refractivity contribution in [2.45, 2.75) is 5.03 Å². The van der Waals surface area contributed by atoms with Gasteiger partial charge in [0.1, 0.15) is 0 Å². The van der Waals surface area contributed by atoms with Gasteiger partial charge in [-0.2, -0.15) is 0 Å². The average molecular weight is 225 g/mol. The molecule has 1 aromatic carbocycles. The second-order valence-corrected chi connectivity index (χ2v) is 4.12. The Bertz CT molecular complexity index is 482. The first-order chi connectivity index (χ1) is 7.95. The van der Waals surface area contributed by atoms with E-state index in [4.69, 9.17) is 0 Å². The van der Waals surface area contributed by atoms with Gasteiger partial charge in [-0.25, -0.2) is 4.98 Å². The van der Waals surface area contributed by atoms with Crippen LogP contribution in [-0.2, 0) is 0 Å². The molecule has 0 saturated carbocycles. The average Bonchev–Trinajstić information content (AvgIpc) is 2.37. The molecule has 0 aliphatic carbocycles. The van der Waals surface area contributed by atoms with Gasteiger partial charge in [-0.1, -0.05) is 47.9 Å². The zero-order chi connectivity index (χ0) is 11.1. The molecular weight excluding hydrogens is 214 g/mol. The van der Waals surface area contributed by atoms with Gasteiger partial charge in [-0.3, -0.25) is 0 Å². The molecule has 0 saturated heterocycles. The van der Waals surface area contributed by atoms with Crippen molar-refractivity contribution in [1.29, 1.82) is 0 Å². The number of nitrogens with zero attached hydrogens (tertiary/aromatic N) is 1. The Morgan fingerprint density at radius 2 is 1.81 bits per heavy atom. The third-order valence-corrected chi connectivity index (χ3v) is 2.76. The molecular formula is C14H11NS. The molecule has 1 nitrogen and oxygen atoms in total. The molecule has 0 spiro atoms. The van der Waals surface area contributed by atoms with Gasteiger partial charge in [0.15, 0.2) is 0 Å². The Morgan fingerprint density at radius 1 is 1.00 bits per heavy atom. The third-order valence-electron chi connectivity index (χ3n) is 1.94. The van der Waals surface area contributed by atoms with E-state index >= 15 is 0 Å². The number of aromatic nitrogens is 1. The molecule has 0 amide bonds. The molecule has 0 aliphatic heterocycles. The van der Waals surface area contributed by atoms with Crippen LogP contribution >= 0.6 is 11.8 Å². The summed E-state index contributed by atoms with van der Waals surface area (Å²) in [5.74, 6) is 7.01. The van der Waals surface area contributed by atoms with Crippen LogP contribution in [0, 0.1) is 11.8 Å². The predicted molar refractivity (Wildman–Crippen MR) is 68.3 cm³/mol. The first kappa shape index (κ1) is 10.8. The number of benzene rings is 1. The van der Waals surface area contributed by atoms with E-state index in [1.807, 2.05) is 48.5 Å². The van der Waals surface area contributed by atoms with Crippen molar-refractivity contribution in [2.24, 2.45) is 0 Å². The second-order valence-electron chi connectivity index (χ2n) is 3.12. The minimum atomic E-state index is 0.770. The lowest BCUT2D eigenvalue weighted by Gasteiger charge is -1.93. The highest BCUT2D eigenvalue weighted by atomic mass is 32.2. The summed E-state index contributed by atoms with van der Waals surface area (Å²) in [7, 11) is 0. The predicted octanol–water partition coefficient (Wildman–Crippen LogP) is 3.23. The number of pyridine rings is 1. The van der Waals surface area contributed by atoms with Crippen LogP contribution in [0.25, 0.3) is 0 Å². The fraction of sp³-hybridized carbons (Fsp3) is 0.0714. The van der Waals surface area contributed by atoms with E-state index in [1.54, 1.807) is 18.0 Å². The van der Waals surface area contributed by atoms with Crippen molar-refractivity contribution in [3.63, 3.8) is 0 Å². The summed E-state index contributed by atoms with van der Waals surface area (Å²) >= 11 is 1.65. The zero-order valence-electron chi connectivity index (χ0n) is 8.76. The smallest absolute Gasteiger partial charge is 0.0969 e. The van der Waals surface area contributed by atoms with E-state index in [9.17, 15) is 0 Å². The van der Waals surface area contributed by atoms with Gasteiger partial charge in [-0.15, -0.1) is 0 Å². The van der Waals surface area contributed by atoms with Gasteiger partial charge < -0.3 is 0 Å². The molecule has 2 rings (SSSR count). The van der Waals surface area contributed by atoms with E-state index in [1.165, 1.54) is 0 Å². The summed E-state index contributed by atoms with van der Waals surface area (Å²) in [5, 5.41) is 1.02. The molecule has 0 unspecified atom stereocenters. The minimum absolute atomic E-state index is 0.770. The van der Waals surface area contributed by atoms with Gasteiger partial charge in [0, 0.05) is 11.8 Å². The molecule has 0 atom stereocenters. The van der Waals surface area contributed by atoms with Gasteiger partial charge in [0.05, 0.1) is 10.8 Å². The van der Waals surface area contributed by atoms with Gasteiger partial charge >= 0.3 is 0 Å². The van der Waals surface area contributed by atoms with E-state index in [0.717, 1.165) is 16.3 Å². The maximum Gasteiger partial charge on any atom is 0.0969 e. The Hall–Kier alpha value is -1.72. The summed E-state index contributed by atoms with van der Waals surface area (Å²) in [6.07, 6.45) is 1.80. The maximum absolute atomic E-state index is 4.22. The standard InChI is InChI=1S/C14H11NS/c1-2-7-13(8-3-1)9-6-12-16-14-10-4-5-11-15-14/h1-5,7-8,10-11H,12H2. The highest BCUT2D eigenvalue weighted by Gasteiger charge is 1.89. The molecule has 0 fully saturated rings. The number of hydrogen-bond donors (Lipinski definition) is 0. The van der Waals surface area contributed by atoms with Gasteiger partial charge in [-0.05, 0) is 24.3 Å². The minimum Gasteiger partial charge on any atom is -0.250 e. The summed E-state index contributed by atoms with van der Waals surface area (Å²) in [6, 6.07) is 15.9. The molecule has 0 radical (unpaired) electrons. The number of thioether (sulfide) groups is 1. The first-order valence-electron chi connectivity index (χ1n) is 5.03. The topological polar surface area (TPSA) is 12.9 Å². The van der Waals surface area contributed by atoms with Crippen LogP contribution in [0.5, 0.6) is 0 Å². The first-order valence-corrected chi connectivity index (χ1v) is 6.01. The lowest BCUT2D eigenvalue weighted by atomic mass is 10.2. The number of rotatable bonds is 2. The Kier molecular flexibility index (Phi) is 4.04. The van der Waals surface area contributed by atoms with Crippen LogP contribution < -0.4 is 0 Å². The molecule has 0 N–H and O–H groups in total. The normalized spacial score (nSPS) is 9.25. The summed E-state index contributed by atoms with van der Waals surface area (Å²) in [5.41, 5.74) is 1.06. The van der Waals surface area contributed by atoms with Crippen LogP contribution in [0.4, 0.5) is 0 Å². The summed E-state index contributed by atoms with van der Waals surface area (Å²) < 4.78 is 0. The van der Waals surface area contributed by atoms with Crippen LogP contribution in [0.15, 0.2) is 59.8 Å². The van der Waals surface area contributed by atoms with E-state index in [0.29, 0.717) is 0 Å². The fourth-order valence-corrected chi connectivity index (χ4v) is 1.80. The molecule has 1 heterocycles. The Morgan fingerprint density at radius 3 is 2.56 bits per heavy atom. The third kappa shape index (κ3) is 3.45. The maximum atomic E-state index is 4.22. The van der Waals surface area contributed by atoms with Gasteiger partial charge in [0.25, 0.3) is 0 Å². The lowest BCUT2D eigenvalue weighted by Crippen LogP contribution is -1.79. The van der Waals surface area contributed by atoms with Crippen molar-refractivity contribution in [3.8, 4) is 11.8 Å². The summed E-state index contributed by atoms with van der Waals surface area (Å²) in [6.45, 7) is 0. The van der Waals surface area contributed by atoms with Crippen LogP contribution in [0.2, 0.25) is 0 Å². The second kappa shape index (κ2) is 5.99. The highest BCUT2D eigenvalue weighted by Crippen LogP contribution is 2.12. The molecule has 0 aliphatic rings. The largest absolute Gasteiger partial charge is 0.250 e. The molecule has 2 heteroatoms. The Balaban J connectivity index is 1.87. The van der Waals surface area contributed by atoms with Crippen LogP contribution in [-0.4, -0.2) is 10.7 Å². The zero-order valence-corrected chi connectivity index (χ0v) is 9.58. The van der Waals surface area contributed by atoms with Crippen molar-refractivity contribution in [1.82, 2.24) is 4.98 Å². The van der Waals surface area contributed by atoms with Crippen LogP contribution in [0.1, 0.15) is 5.56 Å². The monoisotopic (exact) mass is 225 g/mol. The molecule has 0 bridgehead atoms. The number of hydrogen-bond acceptors (Lipinski definition) is 2. The van der Waals surface area contributed by atoms with Crippen molar-refractivity contribution in [3.05, 3.63) is 60.3 Å².